The maximum atomic E-state index is 5.94. The van der Waals surface area contributed by atoms with Crippen molar-refractivity contribution < 1.29 is 0 Å². The zero-order valence-corrected chi connectivity index (χ0v) is 9.20. The standard InChI is InChI=1S/C11H12ClN3/c1-2-13-15-11(6-7-14-15)9-4-3-5-10(12)8-9/h3-8,13H,2H2,1H3. The first-order chi connectivity index (χ1) is 7.31. The predicted octanol–water partition coefficient (Wildman–Crippen LogP) is 2.77. The first-order valence-electron chi connectivity index (χ1n) is 4.85. The summed E-state index contributed by atoms with van der Waals surface area (Å²) in [6.07, 6.45) is 1.76. The maximum Gasteiger partial charge on any atom is 0.0918 e. The number of aromatic nitrogens is 2. The molecule has 0 radical (unpaired) electrons. The normalized spacial score (nSPS) is 10.3. The van der Waals surface area contributed by atoms with Gasteiger partial charge in [0.05, 0.1) is 11.9 Å². The van der Waals surface area contributed by atoms with E-state index in [1.165, 1.54) is 0 Å². The molecule has 0 aliphatic rings. The monoisotopic (exact) mass is 221 g/mol. The van der Waals surface area contributed by atoms with Crippen LogP contribution in [0, 0.1) is 0 Å². The molecule has 3 nitrogen and oxygen atoms in total. The SMILES string of the molecule is CCNn1nccc1-c1cccc(Cl)c1. The number of benzene rings is 1. The third kappa shape index (κ3) is 2.13. The molecule has 1 heterocycles. The van der Waals surface area contributed by atoms with E-state index in [2.05, 4.69) is 10.5 Å². The van der Waals surface area contributed by atoms with Gasteiger partial charge in [0.2, 0.25) is 0 Å². The summed E-state index contributed by atoms with van der Waals surface area (Å²) in [5.74, 6) is 0. The van der Waals surface area contributed by atoms with Crippen LogP contribution in [0.25, 0.3) is 11.3 Å². The van der Waals surface area contributed by atoms with Crippen LogP contribution in [0.15, 0.2) is 36.5 Å². The molecular weight excluding hydrogens is 210 g/mol. The number of hydrogen-bond acceptors (Lipinski definition) is 2. The molecule has 0 amide bonds. The second-order valence-corrected chi connectivity index (χ2v) is 3.59. The van der Waals surface area contributed by atoms with Crippen LogP contribution in [0.1, 0.15) is 6.92 Å². The molecule has 0 atom stereocenters. The lowest BCUT2D eigenvalue weighted by Gasteiger charge is -2.08. The summed E-state index contributed by atoms with van der Waals surface area (Å²) in [4.78, 5) is 1.76. The predicted molar refractivity (Wildman–Crippen MR) is 62.6 cm³/mol. The third-order valence-corrected chi connectivity index (χ3v) is 2.31. The van der Waals surface area contributed by atoms with E-state index in [1.54, 1.807) is 11.0 Å². The molecule has 0 bridgehead atoms. The Morgan fingerprint density at radius 3 is 3.00 bits per heavy atom. The molecule has 0 spiro atoms. The molecular formula is C11H12ClN3. The maximum absolute atomic E-state index is 5.94. The van der Waals surface area contributed by atoms with Gasteiger partial charge in [-0.3, -0.25) is 0 Å². The molecule has 1 aromatic heterocycles. The minimum atomic E-state index is 0.733. The summed E-state index contributed by atoms with van der Waals surface area (Å²) < 4.78 is 0. The van der Waals surface area contributed by atoms with E-state index in [4.69, 9.17) is 11.6 Å². The van der Waals surface area contributed by atoms with Crippen LogP contribution in [0.2, 0.25) is 5.02 Å². The Balaban J connectivity index is 2.40. The van der Waals surface area contributed by atoms with Crippen LogP contribution in [-0.4, -0.2) is 16.4 Å². The van der Waals surface area contributed by atoms with Crippen molar-refractivity contribution in [2.45, 2.75) is 6.92 Å². The van der Waals surface area contributed by atoms with Crippen LogP contribution in [0.5, 0.6) is 0 Å². The Labute approximate surface area is 93.6 Å². The molecule has 0 saturated carbocycles. The van der Waals surface area contributed by atoms with Gasteiger partial charge in [0, 0.05) is 17.1 Å². The fourth-order valence-electron chi connectivity index (χ4n) is 1.45. The number of rotatable bonds is 3. The fraction of sp³-hybridized carbons (Fsp3) is 0.182. The summed E-state index contributed by atoms with van der Waals surface area (Å²) in [6.45, 7) is 2.86. The van der Waals surface area contributed by atoms with Gasteiger partial charge in [-0.05, 0) is 25.1 Å². The molecule has 15 heavy (non-hydrogen) atoms. The minimum Gasteiger partial charge on any atom is -0.310 e. The van der Waals surface area contributed by atoms with Crippen LogP contribution in [0.4, 0.5) is 0 Å². The van der Waals surface area contributed by atoms with Gasteiger partial charge in [0.25, 0.3) is 0 Å². The lowest BCUT2D eigenvalue weighted by atomic mass is 10.1. The number of hydrogen-bond donors (Lipinski definition) is 1. The lowest BCUT2D eigenvalue weighted by Crippen LogP contribution is -2.16. The summed E-state index contributed by atoms with van der Waals surface area (Å²) in [5.41, 5.74) is 5.21. The van der Waals surface area contributed by atoms with Crippen molar-refractivity contribution >= 4 is 11.6 Å². The molecule has 2 aromatic rings. The largest absolute Gasteiger partial charge is 0.310 e. The van der Waals surface area contributed by atoms with Gasteiger partial charge in [-0.2, -0.15) is 9.89 Å². The van der Waals surface area contributed by atoms with Crippen molar-refractivity contribution in [1.82, 2.24) is 9.89 Å². The summed E-state index contributed by atoms with van der Waals surface area (Å²) in [7, 11) is 0. The van der Waals surface area contributed by atoms with Crippen molar-refractivity contribution in [1.29, 1.82) is 0 Å². The zero-order chi connectivity index (χ0) is 10.7. The molecule has 0 aliphatic heterocycles. The Morgan fingerprint density at radius 1 is 1.40 bits per heavy atom. The average Bonchev–Trinajstić information content (AvgIpc) is 2.66. The van der Waals surface area contributed by atoms with Crippen molar-refractivity contribution in [3.8, 4) is 11.3 Å². The Kier molecular flexibility index (Phi) is 2.92. The fourth-order valence-corrected chi connectivity index (χ4v) is 1.64. The summed E-state index contributed by atoms with van der Waals surface area (Å²) >= 11 is 5.94. The highest BCUT2D eigenvalue weighted by molar-refractivity contribution is 6.30. The van der Waals surface area contributed by atoms with Crippen LogP contribution in [-0.2, 0) is 0 Å². The molecule has 1 aromatic carbocycles. The van der Waals surface area contributed by atoms with Gasteiger partial charge >= 0.3 is 0 Å². The molecule has 1 N–H and O–H groups in total. The highest BCUT2D eigenvalue weighted by atomic mass is 35.5. The topological polar surface area (TPSA) is 29.9 Å². The Hall–Kier alpha value is -1.48. The number of nitrogens with zero attached hydrogens (tertiary/aromatic N) is 2. The molecule has 0 unspecified atom stereocenters. The summed E-state index contributed by atoms with van der Waals surface area (Å²) in [6, 6.07) is 9.68. The zero-order valence-electron chi connectivity index (χ0n) is 8.44. The molecule has 78 valence electrons. The van der Waals surface area contributed by atoms with Crippen LogP contribution < -0.4 is 5.43 Å². The van der Waals surface area contributed by atoms with Gasteiger partial charge in [-0.15, -0.1) is 0 Å². The Morgan fingerprint density at radius 2 is 2.27 bits per heavy atom. The average molecular weight is 222 g/mol. The molecule has 2 rings (SSSR count). The van der Waals surface area contributed by atoms with Crippen molar-refractivity contribution in [2.24, 2.45) is 0 Å². The molecule has 0 aliphatic carbocycles. The van der Waals surface area contributed by atoms with Gasteiger partial charge in [0.1, 0.15) is 0 Å². The van der Waals surface area contributed by atoms with E-state index in [0.717, 1.165) is 22.8 Å². The highest BCUT2D eigenvalue weighted by Gasteiger charge is 2.04. The van der Waals surface area contributed by atoms with Crippen molar-refractivity contribution in [3.63, 3.8) is 0 Å². The molecule has 0 fully saturated rings. The smallest absolute Gasteiger partial charge is 0.0918 e. The van der Waals surface area contributed by atoms with Gasteiger partial charge in [0.15, 0.2) is 0 Å². The van der Waals surface area contributed by atoms with E-state index < -0.39 is 0 Å². The lowest BCUT2D eigenvalue weighted by molar-refractivity contribution is 0.754. The molecule has 0 saturated heterocycles. The Bertz CT molecular complexity index is 451. The van der Waals surface area contributed by atoms with Crippen LogP contribution >= 0.6 is 11.6 Å². The minimum absolute atomic E-state index is 0.733. The molecule has 4 heteroatoms. The van der Waals surface area contributed by atoms with E-state index in [9.17, 15) is 0 Å². The first-order valence-corrected chi connectivity index (χ1v) is 5.23. The van der Waals surface area contributed by atoms with Crippen molar-refractivity contribution in [3.05, 3.63) is 41.6 Å². The van der Waals surface area contributed by atoms with E-state index in [0.29, 0.717) is 0 Å². The number of nitrogens with one attached hydrogen (secondary N) is 1. The van der Waals surface area contributed by atoms with E-state index in [1.807, 2.05) is 37.3 Å². The second-order valence-electron chi connectivity index (χ2n) is 3.15. The van der Waals surface area contributed by atoms with Gasteiger partial charge in [-0.1, -0.05) is 23.7 Å². The van der Waals surface area contributed by atoms with Gasteiger partial charge < -0.3 is 5.43 Å². The van der Waals surface area contributed by atoms with Gasteiger partial charge in [-0.25, -0.2) is 0 Å². The highest BCUT2D eigenvalue weighted by Crippen LogP contribution is 2.21. The van der Waals surface area contributed by atoms with E-state index >= 15 is 0 Å². The first kappa shape index (κ1) is 10.1. The van der Waals surface area contributed by atoms with Crippen LogP contribution in [0.3, 0.4) is 0 Å². The van der Waals surface area contributed by atoms with Crippen molar-refractivity contribution in [2.75, 3.05) is 12.0 Å². The quantitative estimate of drug-likeness (QED) is 0.864. The second kappa shape index (κ2) is 4.36. The third-order valence-electron chi connectivity index (χ3n) is 2.07. The number of halogens is 1. The van der Waals surface area contributed by atoms with E-state index in [-0.39, 0.29) is 0 Å². The summed E-state index contributed by atoms with van der Waals surface area (Å²) in [5, 5.41) is 4.91.